The van der Waals surface area contributed by atoms with Crippen LogP contribution >= 0.6 is 11.6 Å². The summed E-state index contributed by atoms with van der Waals surface area (Å²) < 4.78 is 47.8. The van der Waals surface area contributed by atoms with E-state index in [1.165, 1.54) is 19.1 Å². The Hall–Kier alpha value is -2.80. The third-order valence-electron chi connectivity index (χ3n) is 3.80. The molecule has 4 nitrogen and oxygen atoms in total. The van der Waals surface area contributed by atoms with Crippen LogP contribution in [0.3, 0.4) is 0 Å². The van der Waals surface area contributed by atoms with Crippen LogP contribution in [0.2, 0.25) is 5.02 Å². The first-order valence-electron chi connectivity index (χ1n) is 8.24. The van der Waals surface area contributed by atoms with Gasteiger partial charge >= 0.3 is 6.18 Å². The van der Waals surface area contributed by atoms with Crippen LogP contribution < -0.4 is 9.47 Å². The number of ketones is 1. The standard InChI is InChI=1S/C20H15ClF3NO3/c1-12(26)19-18(27-10-13-5-3-2-4-6-13)8-14-7-17(28-11-20(22,23)24)15(21)9-16(14)25-19/h2-9H,10-11H2,1H3. The van der Waals surface area contributed by atoms with E-state index in [-0.39, 0.29) is 34.6 Å². The molecule has 1 aromatic heterocycles. The fourth-order valence-corrected chi connectivity index (χ4v) is 2.74. The number of hydrogen-bond acceptors (Lipinski definition) is 4. The topological polar surface area (TPSA) is 48.4 Å². The minimum atomic E-state index is -4.49. The molecule has 0 saturated heterocycles. The van der Waals surface area contributed by atoms with Crippen LogP contribution in [0.15, 0.2) is 48.5 Å². The summed E-state index contributed by atoms with van der Waals surface area (Å²) >= 11 is 6.00. The summed E-state index contributed by atoms with van der Waals surface area (Å²) in [7, 11) is 0. The van der Waals surface area contributed by atoms with Crippen molar-refractivity contribution >= 4 is 28.3 Å². The molecule has 3 aromatic rings. The van der Waals surface area contributed by atoms with Crippen LogP contribution in [-0.2, 0) is 6.61 Å². The summed E-state index contributed by atoms with van der Waals surface area (Å²) in [5, 5.41) is 0.409. The number of rotatable bonds is 6. The number of ether oxygens (including phenoxy) is 2. The lowest BCUT2D eigenvalue weighted by Gasteiger charge is -2.14. The number of fused-ring (bicyclic) bond motifs is 1. The van der Waals surface area contributed by atoms with E-state index in [0.29, 0.717) is 10.9 Å². The monoisotopic (exact) mass is 409 g/mol. The van der Waals surface area contributed by atoms with Gasteiger partial charge in [0, 0.05) is 12.3 Å². The number of pyridine rings is 1. The predicted octanol–water partition coefficient (Wildman–Crippen LogP) is 5.61. The second-order valence-electron chi connectivity index (χ2n) is 6.04. The third-order valence-corrected chi connectivity index (χ3v) is 4.09. The van der Waals surface area contributed by atoms with Gasteiger partial charge in [0.25, 0.3) is 0 Å². The molecule has 0 bridgehead atoms. The number of alkyl halides is 3. The predicted molar refractivity (Wildman–Crippen MR) is 99.1 cm³/mol. The Labute approximate surface area is 163 Å². The summed E-state index contributed by atoms with van der Waals surface area (Å²) in [6.07, 6.45) is -4.49. The van der Waals surface area contributed by atoms with Crippen molar-refractivity contribution in [3.05, 3.63) is 64.8 Å². The Kier molecular flexibility index (Phi) is 5.74. The number of nitrogens with zero attached hydrogens (tertiary/aromatic N) is 1. The molecule has 2 aromatic carbocycles. The lowest BCUT2D eigenvalue weighted by Crippen LogP contribution is -2.19. The van der Waals surface area contributed by atoms with E-state index in [9.17, 15) is 18.0 Å². The number of benzene rings is 2. The molecule has 1 heterocycles. The van der Waals surface area contributed by atoms with Crippen molar-refractivity contribution in [3.8, 4) is 11.5 Å². The first-order valence-corrected chi connectivity index (χ1v) is 8.62. The van der Waals surface area contributed by atoms with Gasteiger partial charge in [0.15, 0.2) is 12.4 Å². The van der Waals surface area contributed by atoms with Gasteiger partial charge in [-0.2, -0.15) is 13.2 Å². The zero-order chi connectivity index (χ0) is 20.3. The van der Waals surface area contributed by atoms with Gasteiger partial charge in [-0.1, -0.05) is 41.9 Å². The van der Waals surface area contributed by atoms with Gasteiger partial charge in [-0.15, -0.1) is 0 Å². The van der Waals surface area contributed by atoms with Crippen molar-refractivity contribution in [2.24, 2.45) is 0 Å². The molecule has 0 fully saturated rings. The van der Waals surface area contributed by atoms with E-state index in [1.807, 2.05) is 30.3 Å². The maximum Gasteiger partial charge on any atom is 0.422 e. The second kappa shape index (κ2) is 8.06. The molecule has 0 atom stereocenters. The number of hydrogen-bond donors (Lipinski definition) is 0. The zero-order valence-corrected chi connectivity index (χ0v) is 15.5. The number of halogens is 4. The first-order chi connectivity index (χ1) is 13.2. The maximum atomic E-state index is 12.4. The van der Waals surface area contributed by atoms with Crippen molar-refractivity contribution in [2.45, 2.75) is 19.7 Å². The van der Waals surface area contributed by atoms with E-state index in [0.717, 1.165) is 5.56 Å². The molecule has 146 valence electrons. The highest BCUT2D eigenvalue weighted by Gasteiger charge is 2.29. The first kappa shape index (κ1) is 19.9. The largest absolute Gasteiger partial charge is 0.486 e. The summed E-state index contributed by atoms with van der Waals surface area (Å²) in [6, 6.07) is 13.6. The molecule has 28 heavy (non-hydrogen) atoms. The fraction of sp³-hybridized carbons (Fsp3) is 0.200. The normalized spacial score (nSPS) is 11.5. The molecule has 0 aliphatic rings. The molecule has 0 N–H and O–H groups in total. The number of Topliss-reactive ketones (excluding diaryl/α,β-unsaturated/α-hetero) is 1. The molecule has 0 spiro atoms. The van der Waals surface area contributed by atoms with Crippen LogP contribution in [0.5, 0.6) is 11.5 Å². The minimum Gasteiger partial charge on any atom is -0.486 e. The van der Waals surface area contributed by atoms with Crippen molar-refractivity contribution in [1.29, 1.82) is 0 Å². The van der Waals surface area contributed by atoms with Crippen molar-refractivity contribution in [1.82, 2.24) is 4.98 Å². The average Bonchev–Trinajstić information content (AvgIpc) is 2.64. The molecular formula is C20H15ClF3NO3. The zero-order valence-electron chi connectivity index (χ0n) is 14.7. The summed E-state index contributed by atoms with van der Waals surface area (Å²) in [4.78, 5) is 16.2. The van der Waals surface area contributed by atoms with Crippen LogP contribution in [0.4, 0.5) is 13.2 Å². The van der Waals surface area contributed by atoms with Crippen molar-refractivity contribution in [2.75, 3.05) is 6.61 Å². The van der Waals surface area contributed by atoms with Gasteiger partial charge in [0.1, 0.15) is 23.8 Å². The van der Waals surface area contributed by atoms with Gasteiger partial charge in [0.05, 0.1) is 10.5 Å². The lowest BCUT2D eigenvalue weighted by molar-refractivity contribution is -0.153. The highest BCUT2D eigenvalue weighted by Crippen LogP contribution is 2.33. The maximum absolute atomic E-state index is 12.4. The van der Waals surface area contributed by atoms with E-state index in [2.05, 4.69) is 4.98 Å². The van der Waals surface area contributed by atoms with Crippen molar-refractivity contribution in [3.63, 3.8) is 0 Å². The van der Waals surface area contributed by atoms with Crippen LogP contribution in [0.25, 0.3) is 10.9 Å². The highest BCUT2D eigenvalue weighted by atomic mass is 35.5. The Balaban J connectivity index is 1.95. The quantitative estimate of drug-likeness (QED) is 0.496. The molecule has 0 saturated carbocycles. The molecule has 0 amide bonds. The van der Waals surface area contributed by atoms with Crippen LogP contribution in [0.1, 0.15) is 23.0 Å². The summed E-state index contributed by atoms with van der Waals surface area (Å²) in [5.74, 6) is -0.204. The SMILES string of the molecule is CC(=O)c1nc2cc(Cl)c(OCC(F)(F)F)cc2cc1OCc1ccccc1. The van der Waals surface area contributed by atoms with E-state index in [4.69, 9.17) is 21.1 Å². The van der Waals surface area contributed by atoms with Gasteiger partial charge in [-0.3, -0.25) is 4.79 Å². The smallest absolute Gasteiger partial charge is 0.422 e. The van der Waals surface area contributed by atoms with Crippen LogP contribution in [-0.4, -0.2) is 23.6 Å². The Morgan fingerprint density at radius 3 is 2.39 bits per heavy atom. The van der Waals surface area contributed by atoms with Gasteiger partial charge in [-0.25, -0.2) is 4.98 Å². The summed E-state index contributed by atoms with van der Waals surface area (Å²) in [5.41, 5.74) is 1.35. The van der Waals surface area contributed by atoms with Gasteiger partial charge in [-0.05, 0) is 23.8 Å². The molecule has 0 unspecified atom stereocenters. The second-order valence-corrected chi connectivity index (χ2v) is 6.45. The third kappa shape index (κ3) is 4.92. The molecule has 0 radical (unpaired) electrons. The van der Waals surface area contributed by atoms with Gasteiger partial charge < -0.3 is 9.47 Å². The molecular weight excluding hydrogens is 395 g/mol. The molecule has 0 aliphatic carbocycles. The summed E-state index contributed by atoms with van der Waals surface area (Å²) in [6.45, 7) is 0.0971. The Morgan fingerprint density at radius 2 is 1.75 bits per heavy atom. The molecule has 0 aliphatic heterocycles. The number of carbonyl (C=O) groups is 1. The molecule has 8 heteroatoms. The van der Waals surface area contributed by atoms with Crippen molar-refractivity contribution < 1.29 is 27.4 Å². The fourth-order valence-electron chi connectivity index (χ4n) is 2.52. The van der Waals surface area contributed by atoms with Gasteiger partial charge in [0.2, 0.25) is 0 Å². The van der Waals surface area contributed by atoms with Crippen LogP contribution in [0, 0.1) is 0 Å². The lowest BCUT2D eigenvalue weighted by atomic mass is 10.1. The average molecular weight is 410 g/mol. The molecule has 3 rings (SSSR count). The van der Waals surface area contributed by atoms with E-state index in [1.54, 1.807) is 6.07 Å². The highest BCUT2D eigenvalue weighted by molar-refractivity contribution is 6.32. The minimum absolute atomic E-state index is 0.0308. The Bertz CT molecular complexity index is 1010. The van der Waals surface area contributed by atoms with E-state index < -0.39 is 12.8 Å². The van der Waals surface area contributed by atoms with E-state index >= 15 is 0 Å². The number of carbonyl (C=O) groups excluding carboxylic acids is 1. The number of aromatic nitrogens is 1. The Morgan fingerprint density at radius 1 is 1.07 bits per heavy atom.